The van der Waals surface area contributed by atoms with Crippen molar-refractivity contribution in [3.05, 3.63) is 47.5 Å². The predicted molar refractivity (Wildman–Crippen MR) is 98.8 cm³/mol. The van der Waals surface area contributed by atoms with E-state index in [0.29, 0.717) is 5.69 Å². The first-order chi connectivity index (χ1) is 12.2. The van der Waals surface area contributed by atoms with Crippen LogP contribution < -0.4 is 10.1 Å². The van der Waals surface area contributed by atoms with Crippen LogP contribution in [0, 0.1) is 13.8 Å². The second-order valence-electron chi connectivity index (χ2n) is 5.94. The third-order valence-electron chi connectivity index (χ3n) is 3.82. The molecule has 0 saturated heterocycles. The molecular formula is C19H22F3N3O. The zero-order valence-electron chi connectivity index (χ0n) is 15.2. The van der Waals surface area contributed by atoms with Gasteiger partial charge in [-0.05, 0) is 56.2 Å². The van der Waals surface area contributed by atoms with Gasteiger partial charge in [-0.2, -0.15) is 0 Å². The zero-order chi connectivity index (χ0) is 19.3. The van der Waals surface area contributed by atoms with Crippen LogP contribution in [0.25, 0.3) is 0 Å². The number of hydrogen-bond donors (Lipinski definition) is 1. The summed E-state index contributed by atoms with van der Waals surface area (Å²) in [7, 11) is 1.93. The summed E-state index contributed by atoms with van der Waals surface area (Å²) in [6.07, 6.45) is -2.99. The Morgan fingerprint density at radius 2 is 1.81 bits per heavy atom. The molecule has 0 fully saturated rings. The Labute approximate surface area is 151 Å². The number of aryl methyl sites for hydroxylation is 2. The Morgan fingerprint density at radius 3 is 2.46 bits per heavy atom. The summed E-state index contributed by atoms with van der Waals surface area (Å²) < 4.78 is 41.8. The zero-order valence-corrected chi connectivity index (χ0v) is 15.2. The number of halogens is 3. The van der Waals surface area contributed by atoms with Crippen LogP contribution in [-0.2, 0) is 0 Å². The van der Waals surface area contributed by atoms with Crippen molar-refractivity contribution in [2.45, 2.75) is 27.1 Å². The van der Waals surface area contributed by atoms with Gasteiger partial charge in [-0.3, -0.25) is 0 Å². The van der Waals surface area contributed by atoms with Crippen LogP contribution in [0.3, 0.4) is 0 Å². The van der Waals surface area contributed by atoms with Gasteiger partial charge in [0.15, 0.2) is 5.75 Å². The van der Waals surface area contributed by atoms with Crippen LogP contribution in [-0.4, -0.2) is 31.2 Å². The van der Waals surface area contributed by atoms with Crippen molar-refractivity contribution in [2.75, 3.05) is 18.9 Å². The topological polar surface area (TPSA) is 36.9 Å². The molecule has 0 aliphatic rings. The lowest BCUT2D eigenvalue weighted by Gasteiger charge is -2.17. The lowest BCUT2D eigenvalue weighted by molar-refractivity contribution is -0.274. The lowest BCUT2D eigenvalue weighted by atomic mass is 10.1. The maximum Gasteiger partial charge on any atom is 0.573 e. The quantitative estimate of drug-likeness (QED) is 0.538. The Bertz CT molecular complexity index is 788. The van der Waals surface area contributed by atoms with Gasteiger partial charge in [0.25, 0.3) is 0 Å². The van der Waals surface area contributed by atoms with E-state index < -0.39 is 6.36 Å². The van der Waals surface area contributed by atoms with Crippen molar-refractivity contribution in [2.24, 2.45) is 4.99 Å². The number of benzene rings is 2. The predicted octanol–water partition coefficient (Wildman–Crippen LogP) is 5.56. The third kappa shape index (κ3) is 5.40. The van der Waals surface area contributed by atoms with E-state index in [1.807, 2.05) is 44.9 Å². The van der Waals surface area contributed by atoms with Crippen LogP contribution in [0.4, 0.5) is 30.2 Å². The maximum absolute atomic E-state index is 12.6. The minimum atomic E-state index is -4.74. The molecule has 0 saturated carbocycles. The first-order valence-corrected chi connectivity index (χ1v) is 8.17. The normalized spacial score (nSPS) is 11.7. The summed E-state index contributed by atoms with van der Waals surface area (Å²) in [6, 6.07) is 9.71. The number of hydrogen-bond acceptors (Lipinski definition) is 3. The first kappa shape index (κ1) is 19.6. The van der Waals surface area contributed by atoms with E-state index in [0.717, 1.165) is 23.4 Å². The first-order valence-electron chi connectivity index (χ1n) is 8.17. The second-order valence-corrected chi connectivity index (χ2v) is 5.94. The largest absolute Gasteiger partial charge is 0.573 e. The van der Waals surface area contributed by atoms with E-state index in [1.54, 1.807) is 12.4 Å². The number of aliphatic imine (C=N–C) groups is 1. The Kier molecular flexibility index (Phi) is 6.13. The molecule has 1 N–H and O–H groups in total. The molecule has 7 heteroatoms. The Hall–Kier alpha value is -2.70. The summed E-state index contributed by atoms with van der Waals surface area (Å²) in [6.45, 7) is 6.65. The van der Waals surface area contributed by atoms with Crippen LogP contribution in [0.2, 0.25) is 0 Å². The molecule has 0 heterocycles. The van der Waals surface area contributed by atoms with E-state index >= 15 is 0 Å². The van der Waals surface area contributed by atoms with Gasteiger partial charge in [0.2, 0.25) is 0 Å². The van der Waals surface area contributed by atoms with Gasteiger partial charge in [-0.15, -0.1) is 13.2 Å². The van der Waals surface area contributed by atoms with Crippen molar-refractivity contribution >= 4 is 23.4 Å². The van der Waals surface area contributed by atoms with E-state index in [1.165, 1.54) is 18.2 Å². The summed E-state index contributed by atoms with van der Waals surface area (Å²) in [5, 5.41) is 3.02. The molecule has 26 heavy (non-hydrogen) atoms. The van der Waals surface area contributed by atoms with E-state index in [-0.39, 0.29) is 11.4 Å². The molecule has 0 unspecified atom stereocenters. The van der Waals surface area contributed by atoms with E-state index in [9.17, 15) is 13.2 Å². The fourth-order valence-electron chi connectivity index (χ4n) is 2.25. The van der Waals surface area contributed by atoms with Gasteiger partial charge in [-0.1, -0.05) is 12.1 Å². The minimum absolute atomic E-state index is 0.245. The molecule has 2 aromatic carbocycles. The van der Waals surface area contributed by atoms with Crippen LogP contribution in [0.1, 0.15) is 18.1 Å². The lowest BCUT2D eigenvalue weighted by Crippen LogP contribution is -2.17. The van der Waals surface area contributed by atoms with Gasteiger partial charge in [0.05, 0.1) is 17.7 Å². The molecule has 0 aromatic heterocycles. The SMILES string of the molecule is CCN(C)/C=N\c1cc(C)c(Nc2ccccc2OC(F)(F)F)cc1C. The molecule has 0 amide bonds. The summed E-state index contributed by atoms with van der Waals surface area (Å²) in [4.78, 5) is 6.40. The Balaban J connectivity index is 2.29. The monoisotopic (exact) mass is 365 g/mol. The fourth-order valence-corrected chi connectivity index (χ4v) is 2.25. The van der Waals surface area contributed by atoms with Crippen LogP contribution >= 0.6 is 0 Å². The van der Waals surface area contributed by atoms with Crippen LogP contribution in [0.5, 0.6) is 5.75 Å². The molecule has 0 radical (unpaired) electrons. The highest BCUT2D eigenvalue weighted by Gasteiger charge is 2.32. The molecule has 2 rings (SSSR count). The summed E-state index contributed by atoms with van der Waals surface area (Å²) in [5.41, 5.74) is 3.53. The molecule has 0 aliphatic carbocycles. The van der Waals surface area contributed by atoms with Gasteiger partial charge in [0.1, 0.15) is 0 Å². The Morgan fingerprint density at radius 1 is 1.12 bits per heavy atom. The highest BCUT2D eigenvalue weighted by molar-refractivity contribution is 5.73. The molecule has 0 atom stereocenters. The molecule has 140 valence electrons. The van der Waals surface area contributed by atoms with E-state index in [4.69, 9.17) is 0 Å². The van der Waals surface area contributed by atoms with Gasteiger partial charge in [-0.25, -0.2) is 4.99 Å². The minimum Gasteiger partial charge on any atom is -0.404 e. The highest BCUT2D eigenvalue weighted by atomic mass is 19.4. The highest BCUT2D eigenvalue weighted by Crippen LogP contribution is 2.34. The molecule has 0 spiro atoms. The van der Waals surface area contributed by atoms with Crippen molar-refractivity contribution in [3.8, 4) is 5.75 Å². The number of para-hydroxylation sites is 2. The van der Waals surface area contributed by atoms with Gasteiger partial charge >= 0.3 is 6.36 Å². The summed E-state index contributed by atoms with van der Waals surface area (Å²) in [5.74, 6) is -0.274. The number of alkyl halides is 3. The van der Waals surface area contributed by atoms with Crippen molar-refractivity contribution < 1.29 is 17.9 Å². The number of anilines is 2. The van der Waals surface area contributed by atoms with Crippen LogP contribution in [0.15, 0.2) is 41.4 Å². The van der Waals surface area contributed by atoms with Crippen molar-refractivity contribution in [3.63, 3.8) is 0 Å². The van der Waals surface area contributed by atoms with E-state index in [2.05, 4.69) is 15.0 Å². The molecule has 0 aliphatic heterocycles. The van der Waals surface area contributed by atoms with Crippen molar-refractivity contribution in [1.82, 2.24) is 4.90 Å². The average molecular weight is 365 g/mol. The molecule has 0 bridgehead atoms. The number of rotatable bonds is 6. The smallest absolute Gasteiger partial charge is 0.404 e. The number of nitrogens with one attached hydrogen (secondary N) is 1. The van der Waals surface area contributed by atoms with Crippen molar-refractivity contribution in [1.29, 1.82) is 0 Å². The van der Waals surface area contributed by atoms with Gasteiger partial charge in [0, 0.05) is 19.3 Å². The third-order valence-corrected chi connectivity index (χ3v) is 3.82. The molecular weight excluding hydrogens is 343 g/mol. The standard InChI is InChI=1S/C19H22F3N3O/c1-5-25(4)12-23-16-10-14(3)17(11-13(16)2)24-15-8-6-7-9-18(15)26-19(20,21)22/h6-12,24H,5H2,1-4H3/b23-12-. The second kappa shape index (κ2) is 8.12. The summed E-state index contributed by atoms with van der Waals surface area (Å²) >= 11 is 0. The number of nitrogens with zero attached hydrogens (tertiary/aromatic N) is 2. The fraction of sp³-hybridized carbons (Fsp3) is 0.316. The molecule has 4 nitrogen and oxygen atoms in total. The average Bonchev–Trinajstić information content (AvgIpc) is 2.56. The molecule has 2 aromatic rings. The number of ether oxygens (including phenoxy) is 1. The van der Waals surface area contributed by atoms with Gasteiger partial charge < -0.3 is 15.0 Å². The maximum atomic E-state index is 12.6.